The molecule has 1 heterocycles. The Morgan fingerprint density at radius 2 is 1.89 bits per heavy atom. The smallest absolute Gasteiger partial charge is 0.149 e. The van der Waals surface area contributed by atoms with E-state index >= 15 is 0 Å². The van der Waals surface area contributed by atoms with Crippen molar-refractivity contribution < 1.29 is 8.78 Å². The van der Waals surface area contributed by atoms with Gasteiger partial charge >= 0.3 is 0 Å². The van der Waals surface area contributed by atoms with Crippen LogP contribution in [0.15, 0.2) is 36.7 Å². The van der Waals surface area contributed by atoms with E-state index in [1.54, 1.807) is 12.1 Å². The fourth-order valence-electron chi connectivity index (χ4n) is 1.80. The molecule has 1 N–H and O–H groups in total. The number of nitrogens with zero attached hydrogens (tertiary/aromatic N) is 1. The van der Waals surface area contributed by atoms with Crippen molar-refractivity contribution >= 4 is 0 Å². The third-order valence-corrected chi connectivity index (χ3v) is 2.81. The molecule has 100 valence electrons. The van der Waals surface area contributed by atoms with Crippen LogP contribution in [0.5, 0.6) is 0 Å². The van der Waals surface area contributed by atoms with Gasteiger partial charge in [-0.1, -0.05) is 19.9 Å². The fraction of sp³-hybridized carbons (Fsp3) is 0.267. The predicted molar refractivity (Wildman–Crippen MR) is 71.6 cm³/mol. The molecule has 2 nitrogen and oxygen atoms in total. The predicted octanol–water partition coefficient (Wildman–Crippen LogP) is 3.52. The molecule has 2 rings (SSSR count). The van der Waals surface area contributed by atoms with Gasteiger partial charge in [-0.3, -0.25) is 4.98 Å². The molecule has 0 bridgehead atoms. The first-order chi connectivity index (χ1) is 9.08. The Bertz CT molecular complexity index is 568. The van der Waals surface area contributed by atoms with Gasteiger partial charge in [0.15, 0.2) is 0 Å². The molecule has 0 amide bonds. The molecule has 1 aromatic heterocycles. The van der Waals surface area contributed by atoms with E-state index in [1.165, 1.54) is 18.3 Å². The lowest BCUT2D eigenvalue weighted by molar-refractivity contribution is 0.586. The van der Waals surface area contributed by atoms with E-state index < -0.39 is 11.6 Å². The second-order valence-electron chi connectivity index (χ2n) is 4.71. The summed E-state index contributed by atoms with van der Waals surface area (Å²) in [6.07, 6.45) is 2.55. The second-order valence-corrected chi connectivity index (χ2v) is 4.71. The lowest BCUT2D eigenvalue weighted by Gasteiger charge is -2.10. The molecule has 0 aliphatic carbocycles. The maximum Gasteiger partial charge on any atom is 0.149 e. The third-order valence-electron chi connectivity index (χ3n) is 2.81. The average Bonchev–Trinajstić information content (AvgIpc) is 2.38. The average molecular weight is 262 g/mol. The van der Waals surface area contributed by atoms with Crippen LogP contribution >= 0.6 is 0 Å². The van der Waals surface area contributed by atoms with Gasteiger partial charge < -0.3 is 5.32 Å². The van der Waals surface area contributed by atoms with E-state index in [2.05, 4.69) is 10.3 Å². The molecule has 0 fully saturated rings. The van der Waals surface area contributed by atoms with Crippen LogP contribution in [0.1, 0.15) is 19.4 Å². The molecular formula is C15H16F2N2. The minimum Gasteiger partial charge on any atom is -0.310 e. The van der Waals surface area contributed by atoms with E-state index in [4.69, 9.17) is 0 Å². The number of benzene rings is 1. The van der Waals surface area contributed by atoms with Gasteiger partial charge in [0, 0.05) is 29.9 Å². The van der Waals surface area contributed by atoms with Gasteiger partial charge in [-0.25, -0.2) is 8.78 Å². The molecule has 0 atom stereocenters. The third kappa shape index (κ3) is 3.35. The minimum atomic E-state index is -0.518. The van der Waals surface area contributed by atoms with Crippen LogP contribution in [0.25, 0.3) is 11.1 Å². The van der Waals surface area contributed by atoms with Crippen LogP contribution < -0.4 is 5.32 Å². The molecular weight excluding hydrogens is 246 g/mol. The largest absolute Gasteiger partial charge is 0.310 e. The molecule has 19 heavy (non-hydrogen) atoms. The highest BCUT2D eigenvalue weighted by atomic mass is 19.1. The highest BCUT2D eigenvalue weighted by Gasteiger charge is 2.10. The first-order valence-corrected chi connectivity index (χ1v) is 6.19. The van der Waals surface area contributed by atoms with Crippen molar-refractivity contribution in [2.24, 2.45) is 0 Å². The van der Waals surface area contributed by atoms with Crippen LogP contribution in [0.3, 0.4) is 0 Å². The summed E-state index contributed by atoms with van der Waals surface area (Å²) < 4.78 is 27.5. The Labute approximate surface area is 111 Å². The standard InChI is InChI=1S/C15H16F2N2/c1-10(2)19-8-11-3-4-14(16)13(7-11)12-5-6-18-9-15(12)17/h3-7,9-10,19H,8H2,1-2H3. The number of halogens is 2. The zero-order chi connectivity index (χ0) is 13.8. The first kappa shape index (κ1) is 13.6. The van der Waals surface area contributed by atoms with Crippen molar-refractivity contribution in [2.75, 3.05) is 0 Å². The van der Waals surface area contributed by atoms with Gasteiger partial charge in [0.1, 0.15) is 11.6 Å². The zero-order valence-electron chi connectivity index (χ0n) is 11.0. The summed E-state index contributed by atoms with van der Waals surface area (Å²) in [6.45, 7) is 4.69. The zero-order valence-corrected chi connectivity index (χ0v) is 11.0. The Kier molecular flexibility index (Phi) is 4.22. The van der Waals surface area contributed by atoms with Gasteiger partial charge in [0.05, 0.1) is 6.20 Å². The van der Waals surface area contributed by atoms with Crippen molar-refractivity contribution in [2.45, 2.75) is 26.4 Å². The number of hydrogen-bond donors (Lipinski definition) is 1. The summed E-state index contributed by atoms with van der Waals surface area (Å²) >= 11 is 0. The first-order valence-electron chi connectivity index (χ1n) is 6.19. The monoisotopic (exact) mass is 262 g/mol. The van der Waals surface area contributed by atoms with Gasteiger partial charge in [-0.05, 0) is 23.8 Å². The molecule has 2 aromatic rings. The van der Waals surface area contributed by atoms with Crippen molar-refractivity contribution in [1.82, 2.24) is 10.3 Å². The Balaban J connectivity index is 2.35. The molecule has 0 unspecified atom stereocenters. The summed E-state index contributed by atoms with van der Waals surface area (Å²) in [6, 6.07) is 6.56. The van der Waals surface area contributed by atoms with E-state index in [0.717, 1.165) is 11.8 Å². The summed E-state index contributed by atoms with van der Waals surface area (Å²) in [7, 11) is 0. The normalized spacial score (nSPS) is 11.0. The molecule has 4 heteroatoms. The summed E-state index contributed by atoms with van der Waals surface area (Å²) in [5.74, 6) is -0.950. The molecule has 0 aliphatic rings. The summed E-state index contributed by atoms with van der Waals surface area (Å²) in [5, 5.41) is 3.25. The van der Waals surface area contributed by atoms with Crippen LogP contribution in [0.2, 0.25) is 0 Å². The number of hydrogen-bond acceptors (Lipinski definition) is 2. The SMILES string of the molecule is CC(C)NCc1ccc(F)c(-c2ccncc2F)c1. The maximum atomic E-state index is 13.8. The molecule has 0 saturated heterocycles. The number of aromatic nitrogens is 1. The lowest BCUT2D eigenvalue weighted by atomic mass is 10.0. The number of rotatable bonds is 4. The molecule has 0 saturated carbocycles. The summed E-state index contributed by atoms with van der Waals surface area (Å²) in [4.78, 5) is 3.67. The molecule has 0 radical (unpaired) electrons. The van der Waals surface area contributed by atoms with Gasteiger partial charge in [-0.15, -0.1) is 0 Å². The quantitative estimate of drug-likeness (QED) is 0.911. The van der Waals surface area contributed by atoms with Crippen molar-refractivity contribution in [3.8, 4) is 11.1 Å². The highest BCUT2D eigenvalue weighted by Crippen LogP contribution is 2.25. The Morgan fingerprint density at radius 1 is 1.11 bits per heavy atom. The van der Waals surface area contributed by atoms with Crippen LogP contribution in [0.4, 0.5) is 8.78 Å². The van der Waals surface area contributed by atoms with E-state index in [-0.39, 0.29) is 11.1 Å². The van der Waals surface area contributed by atoms with Crippen LogP contribution in [0, 0.1) is 11.6 Å². The van der Waals surface area contributed by atoms with E-state index in [1.807, 2.05) is 13.8 Å². The Morgan fingerprint density at radius 3 is 2.58 bits per heavy atom. The maximum absolute atomic E-state index is 13.8. The fourth-order valence-corrected chi connectivity index (χ4v) is 1.80. The minimum absolute atomic E-state index is 0.235. The van der Waals surface area contributed by atoms with Gasteiger partial charge in [-0.2, -0.15) is 0 Å². The molecule has 0 spiro atoms. The van der Waals surface area contributed by atoms with Gasteiger partial charge in [0.2, 0.25) is 0 Å². The molecule has 0 aliphatic heterocycles. The lowest BCUT2D eigenvalue weighted by Crippen LogP contribution is -2.21. The van der Waals surface area contributed by atoms with Crippen molar-refractivity contribution in [3.05, 3.63) is 53.9 Å². The topological polar surface area (TPSA) is 24.9 Å². The highest BCUT2D eigenvalue weighted by molar-refractivity contribution is 5.65. The number of nitrogens with one attached hydrogen (secondary N) is 1. The molecule has 1 aromatic carbocycles. The van der Waals surface area contributed by atoms with Crippen molar-refractivity contribution in [3.63, 3.8) is 0 Å². The van der Waals surface area contributed by atoms with E-state index in [9.17, 15) is 8.78 Å². The van der Waals surface area contributed by atoms with Crippen LogP contribution in [-0.2, 0) is 6.54 Å². The summed E-state index contributed by atoms with van der Waals surface area (Å²) in [5.41, 5.74) is 1.42. The van der Waals surface area contributed by atoms with Gasteiger partial charge in [0.25, 0.3) is 0 Å². The van der Waals surface area contributed by atoms with E-state index in [0.29, 0.717) is 12.6 Å². The number of pyridine rings is 1. The second kappa shape index (κ2) is 5.89. The Hall–Kier alpha value is -1.81. The van der Waals surface area contributed by atoms with Crippen molar-refractivity contribution in [1.29, 1.82) is 0 Å². The van der Waals surface area contributed by atoms with Crippen LogP contribution in [-0.4, -0.2) is 11.0 Å².